The van der Waals surface area contributed by atoms with Crippen LogP contribution in [0.3, 0.4) is 0 Å². The molecule has 1 aromatic heterocycles. The Balaban J connectivity index is 2.11. The van der Waals surface area contributed by atoms with Crippen molar-refractivity contribution in [1.29, 1.82) is 0 Å². The first-order valence-electron chi connectivity index (χ1n) is 8.09. The maximum atomic E-state index is 12.9. The Labute approximate surface area is 151 Å². The van der Waals surface area contributed by atoms with Gasteiger partial charge in [0.05, 0.1) is 37.9 Å². The van der Waals surface area contributed by atoms with Gasteiger partial charge in [0.2, 0.25) is 5.91 Å². The molecule has 1 aromatic carbocycles. The summed E-state index contributed by atoms with van der Waals surface area (Å²) < 4.78 is 0. The van der Waals surface area contributed by atoms with Crippen molar-refractivity contribution in [1.82, 2.24) is 15.3 Å². The molecule has 1 heterocycles. The van der Waals surface area contributed by atoms with Crippen molar-refractivity contribution < 1.29 is 4.79 Å². The third-order valence-corrected chi connectivity index (χ3v) is 7.42. The number of likely N-dealkylation sites (N-methyl/N-ethyl adjacent to an activating group) is 1. The monoisotopic (exact) mass is 363 g/mol. The topological polar surface area (TPSA) is 54.9 Å². The van der Waals surface area contributed by atoms with Crippen LogP contribution in [0.25, 0.3) is 11.0 Å². The summed E-state index contributed by atoms with van der Waals surface area (Å²) in [5, 5.41) is 3.76. The predicted molar refractivity (Wildman–Crippen MR) is 95.7 cm³/mol. The molecule has 2 atom stereocenters. The number of halogens is 2. The summed E-state index contributed by atoms with van der Waals surface area (Å²) in [6.07, 6.45) is 1.70. The van der Waals surface area contributed by atoms with Gasteiger partial charge < -0.3 is 5.32 Å². The highest BCUT2D eigenvalue weighted by Gasteiger charge is 2.73. The van der Waals surface area contributed by atoms with Crippen molar-refractivity contribution in [3.8, 4) is 0 Å². The minimum atomic E-state index is -0.654. The lowest BCUT2D eigenvalue weighted by Gasteiger charge is -2.39. The summed E-state index contributed by atoms with van der Waals surface area (Å²) in [7, 11) is 1.69. The number of nitrogens with zero attached hydrogens (tertiary/aromatic N) is 2. The largest absolute Gasteiger partial charge is 0.358 e. The van der Waals surface area contributed by atoms with Gasteiger partial charge in [-0.15, -0.1) is 0 Å². The average Bonchev–Trinajstić information content (AvgIpc) is 2.83. The molecule has 0 unspecified atom stereocenters. The molecule has 4 nitrogen and oxygen atoms in total. The Morgan fingerprint density at radius 2 is 1.58 bits per heavy atom. The second-order valence-corrected chi connectivity index (χ2v) is 8.43. The molecule has 1 fully saturated rings. The Hall–Kier alpha value is -1.39. The lowest BCUT2D eigenvalue weighted by molar-refractivity contribution is -0.129. The van der Waals surface area contributed by atoms with Crippen molar-refractivity contribution >= 4 is 40.1 Å². The van der Waals surface area contributed by atoms with Gasteiger partial charge in [-0.05, 0) is 30.4 Å². The molecule has 2 bridgehead atoms. The number of fused-ring (bicyclic) bond motifs is 6. The highest BCUT2D eigenvalue weighted by molar-refractivity contribution is 6.42. The third kappa shape index (κ3) is 1.55. The van der Waals surface area contributed by atoms with Gasteiger partial charge in [0, 0.05) is 12.5 Å². The molecule has 0 radical (unpaired) electrons. The van der Waals surface area contributed by atoms with Gasteiger partial charge in [-0.25, -0.2) is 9.97 Å². The Morgan fingerprint density at radius 3 is 2.12 bits per heavy atom. The van der Waals surface area contributed by atoms with Gasteiger partial charge in [-0.1, -0.05) is 44.0 Å². The molecular weight excluding hydrogens is 345 g/mol. The molecule has 126 valence electrons. The number of carbonyl (C=O) groups excluding carboxylic acids is 1. The van der Waals surface area contributed by atoms with Gasteiger partial charge in [-0.3, -0.25) is 4.79 Å². The fourth-order valence-corrected chi connectivity index (χ4v) is 5.13. The lowest BCUT2D eigenvalue weighted by atomic mass is 9.63. The van der Waals surface area contributed by atoms with E-state index in [4.69, 9.17) is 33.2 Å². The average molecular weight is 364 g/mol. The smallest absolute Gasteiger partial charge is 0.232 e. The summed E-state index contributed by atoms with van der Waals surface area (Å²) in [5.74, 6) is 0.0173. The van der Waals surface area contributed by atoms with Crippen LogP contribution in [0.1, 0.15) is 45.0 Å². The number of aromatic nitrogens is 2. The molecule has 1 saturated carbocycles. The van der Waals surface area contributed by atoms with Crippen molar-refractivity contribution in [2.75, 3.05) is 7.05 Å². The molecular formula is C18H19Cl2N3O. The number of hydrogen-bond donors (Lipinski definition) is 1. The minimum absolute atomic E-state index is 0.0173. The van der Waals surface area contributed by atoms with Crippen molar-refractivity contribution in [2.24, 2.45) is 5.41 Å². The first kappa shape index (κ1) is 16.1. The summed E-state index contributed by atoms with van der Waals surface area (Å²) in [6, 6.07) is 3.48. The summed E-state index contributed by atoms with van der Waals surface area (Å²) in [4.78, 5) is 22.7. The van der Waals surface area contributed by atoms with E-state index in [0.29, 0.717) is 15.6 Å². The molecule has 0 spiro atoms. The Bertz CT molecular complexity index is 911. The maximum Gasteiger partial charge on any atom is 0.232 e. The van der Waals surface area contributed by atoms with Crippen molar-refractivity contribution in [3.63, 3.8) is 0 Å². The van der Waals surface area contributed by atoms with Gasteiger partial charge in [0.25, 0.3) is 0 Å². The predicted octanol–water partition coefficient (Wildman–Crippen LogP) is 4.01. The normalized spacial score (nSPS) is 29.8. The molecule has 0 saturated heterocycles. The molecule has 2 aliphatic rings. The zero-order valence-electron chi connectivity index (χ0n) is 14.1. The molecule has 24 heavy (non-hydrogen) atoms. The van der Waals surface area contributed by atoms with Crippen LogP contribution in [-0.4, -0.2) is 22.9 Å². The van der Waals surface area contributed by atoms with Crippen LogP contribution in [0.5, 0.6) is 0 Å². The number of hydrogen-bond acceptors (Lipinski definition) is 3. The van der Waals surface area contributed by atoms with Gasteiger partial charge in [-0.2, -0.15) is 0 Å². The highest BCUT2D eigenvalue weighted by atomic mass is 35.5. The van der Waals surface area contributed by atoms with Crippen LogP contribution in [0.15, 0.2) is 12.1 Å². The van der Waals surface area contributed by atoms with E-state index in [-0.39, 0.29) is 16.7 Å². The van der Waals surface area contributed by atoms with E-state index in [1.165, 1.54) is 0 Å². The number of nitrogens with one attached hydrogen (secondary N) is 1. The van der Waals surface area contributed by atoms with Crippen LogP contribution < -0.4 is 5.32 Å². The fraction of sp³-hybridized carbons (Fsp3) is 0.500. The first-order valence-corrected chi connectivity index (χ1v) is 8.84. The highest BCUT2D eigenvalue weighted by Crippen LogP contribution is 2.70. The molecule has 6 heteroatoms. The van der Waals surface area contributed by atoms with Crippen LogP contribution in [0.4, 0.5) is 0 Å². The van der Waals surface area contributed by atoms with E-state index in [1.54, 1.807) is 19.2 Å². The maximum absolute atomic E-state index is 12.9. The Morgan fingerprint density at radius 1 is 1.04 bits per heavy atom. The molecule has 2 aromatic rings. The van der Waals surface area contributed by atoms with Crippen molar-refractivity contribution in [2.45, 2.75) is 44.4 Å². The van der Waals surface area contributed by atoms with Crippen LogP contribution >= 0.6 is 23.2 Å². The van der Waals surface area contributed by atoms with E-state index >= 15 is 0 Å². The fourth-order valence-electron chi connectivity index (χ4n) is 4.81. The van der Waals surface area contributed by atoms with Crippen LogP contribution in [-0.2, 0) is 15.6 Å². The van der Waals surface area contributed by atoms with Gasteiger partial charge in [0.15, 0.2) is 0 Å². The Kier molecular flexibility index (Phi) is 3.09. The lowest BCUT2D eigenvalue weighted by Crippen LogP contribution is -2.50. The quantitative estimate of drug-likeness (QED) is 0.832. The second-order valence-electron chi connectivity index (χ2n) is 7.62. The van der Waals surface area contributed by atoms with Crippen LogP contribution in [0.2, 0.25) is 10.0 Å². The number of amides is 1. The molecule has 1 N–H and O–H groups in total. The number of rotatable bonds is 1. The molecule has 0 aliphatic heterocycles. The number of carbonyl (C=O) groups is 1. The van der Waals surface area contributed by atoms with E-state index in [0.717, 1.165) is 29.7 Å². The third-order valence-electron chi connectivity index (χ3n) is 6.69. The van der Waals surface area contributed by atoms with E-state index in [2.05, 4.69) is 26.1 Å². The second kappa shape index (κ2) is 4.61. The van der Waals surface area contributed by atoms with Crippen molar-refractivity contribution in [3.05, 3.63) is 33.6 Å². The van der Waals surface area contributed by atoms with E-state index in [1.807, 2.05) is 0 Å². The van der Waals surface area contributed by atoms with Gasteiger partial charge >= 0.3 is 0 Å². The standard InChI is InChI=1S/C18H19Cl2N3O/c1-16(2)17(3)5-6-18(16,15(24)21-4)14-13(17)22-11-7-9(19)10(20)8-12(11)23-14/h7-8H,5-6H2,1-4H3,(H,21,24)/t17-,18-/m0/s1. The summed E-state index contributed by atoms with van der Waals surface area (Å²) in [5.41, 5.74) is 2.01. The molecule has 1 amide bonds. The zero-order chi connectivity index (χ0) is 17.5. The number of benzene rings is 1. The zero-order valence-corrected chi connectivity index (χ0v) is 15.6. The van der Waals surface area contributed by atoms with E-state index in [9.17, 15) is 4.79 Å². The molecule has 2 aliphatic carbocycles. The summed E-state index contributed by atoms with van der Waals surface area (Å²) >= 11 is 12.3. The summed E-state index contributed by atoms with van der Waals surface area (Å²) in [6.45, 7) is 6.51. The van der Waals surface area contributed by atoms with Gasteiger partial charge in [0.1, 0.15) is 0 Å². The SMILES string of the molecule is CNC(=O)[C@]12CC[C@@](C)(c3nc4cc(Cl)c(Cl)cc4nc31)C2(C)C. The van der Waals surface area contributed by atoms with E-state index < -0.39 is 5.41 Å². The minimum Gasteiger partial charge on any atom is -0.358 e. The van der Waals surface area contributed by atoms with Crippen LogP contribution in [0, 0.1) is 5.41 Å². The first-order chi connectivity index (χ1) is 11.2. The molecule has 4 rings (SSSR count).